The van der Waals surface area contributed by atoms with Gasteiger partial charge in [-0.25, -0.2) is 4.39 Å². The Bertz CT molecular complexity index is 433. The lowest BCUT2D eigenvalue weighted by molar-refractivity contribution is -0.133. The second kappa shape index (κ2) is 6.52. The standard InChI is InChI=1S/C14H19FN2O2/c1-11(19-13-4-2-3-12(15)10-13)9-14(18)17-7-5-16-6-8-17/h2-4,10-11,16H,5-9H2,1H3. The highest BCUT2D eigenvalue weighted by Crippen LogP contribution is 2.15. The van der Waals surface area contributed by atoms with Crippen LogP contribution in [-0.4, -0.2) is 43.1 Å². The molecule has 5 heteroatoms. The van der Waals surface area contributed by atoms with Crippen LogP contribution in [0.3, 0.4) is 0 Å². The van der Waals surface area contributed by atoms with Crippen molar-refractivity contribution in [2.24, 2.45) is 0 Å². The molecule has 1 unspecified atom stereocenters. The van der Waals surface area contributed by atoms with Crippen molar-refractivity contribution in [2.45, 2.75) is 19.4 Å². The number of nitrogens with zero attached hydrogens (tertiary/aromatic N) is 1. The second-order valence-corrected chi connectivity index (χ2v) is 4.72. The van der Waals surface area contributed by atoms with Crippen molar-refractivity contribution >= 4 is 5.91 Å². The Labute approximate surface area is 112 Å². The van der Waals surface area contributed by atoms with Crippen molar-refractivity contribution in [1.29, 1.82) is 0 Å². The predicted octanol–water partition coefficient (Wildman–Crippen LogP) is 1.41. The normalized spacial score (nSPS) is 17.1. The highest BCUT2D eigenvalue weighted by molar-refractivity contribution is 5.76. The summed E-state index contributed by atoms with van der Waals surface area (Å²) in [6, 6.07) is 5.97. The fraction of sp³-hybridized carbons (Fsp3) is 0.500. The molecule has 19 heavy (non-hydrogen) atoms. The van der Waals surface area contributed by atoms with E-state index in [1.54, 1.807) is 12.1 Å². The fourth-order valence-electron chi connectivity index (χ4n) is 2.10. The first-order valence-electron chi connectivity index (χ1n) is 6.56. The number of nitrogens with one attached hydrogen (secondary N) is 1. The van der Waals surface area contributed by atoms with Crippen molar-refractivity contribution in [3.05, 3.63) is 30.1 Å². The molecule has 1 aromatic rings. The summed E-state index contributed by atoms with van der Waals surface area (Å²) < 4.78 is 18.6. The summed E-state index contributed by atoms with van der Waals surface area (Å²) in [5.41, 5.74) is 0. The van der Waals surface area contributed by atoms with Gasteiger partial charge in [-0.05, 0) is 19.1 Å². The van der Waals surface area contributed by atoms with E-state index in [1.165, 1.54) is 12.1 Å². The van der Waals surface area contributed by atoms with E-state index in [4.69, 9.17) is 4.74 Å². The quantitative estimate of drug-likeness (QED) is 0.896. The average molecular weight is 266 g/mol. The molecule has 1 heterocycles. The Morgan fingerprint density at radius 1 is 1.47 bits per heavy atom. The first-order chi connectivity index (χ1) is 9.15. The van der Waals surface area contributed by atoms with Crippen LogP contribution in [0, 0.1) is 5.82 Å². The van der Waals surface area contributed by atoms with Crippen molar-refractivity contribution in [1.82, 2.24) is 10.2 Å². The summed E-state index contributed by atoms with van der Waals surface area (Å²) >= 11 is 0. The minimum absolute atomic E-state index is 0.0883. The lowest BCUT2D eigenvalue weighted by Gasteiger charge is -2.28. The van der Waals surface area contributed by atoms with Gasteiger partial charge in [-0.15, -0.1) is 0 Å². The van der Waals surface area contributed by atoms with Gasteiger partial charge in [-0.3, -0.25) is 4.79 Å². The molecule has 0 spiro atoms. The first kappa shape index (κ1) is 13.8. The molecule has 104 valence electrons. The SMILES string of the molecule is CC(CC(=O)N1CCNCC1)Oc1cccc(F)c1. The number of carbonyl (C=O) groups is 1. The fourth-order valence-corrected chi connectivity index (χ4v) is 2.10. The van der Waals surface area contributed by atoms with Crippen LogP contribution in [0.4, 0.5) is 4.39 Å². The number of hydrogen-bond donors (Lipinski definition) is 1. The molecule has 2 rings (SSSR count). The van der Waals surface area contributed by atoms with E-state index in [-0.39, 0.29) is 17.8 Å². The zero-order chi connectivity index (χ0) is 13.7. The summed E-state index contributed by atoms with van der Waals surface area (Å²) in [4.78, 5) is 13.8. The van der Waals surface area contributed by atoms with Crippen molar-refractivity contribution < 1.29 is 13.9 Å². The van der Waals surface area contributed by atoms with Crippen LogP contribution < -0.4 is 10.1 Å². The Kier molecular flexibility index (Phi) is 4.74. The molecule has 1 saturated heterocycles. The highest BCUT2D eigenvalue weighted by atomic mass is 19.1. The van der Waals surface area contributed by atoms with Crippen LogP contribution in [0.25, 0.3) is 0 Å². The van der Waals surface area contributed by atoms with E-state index < -0.39 is 0 Å². The average Bonchev–Trinajstić information content (AvgIpc) is 2.39. The lowest BCUT2D eigenvalue weighted by atomic mass is 10.2. The van der Waals surface area contributed by atoms with Crippen molar-refractivity contribution in [3.8, 4) is 5.75 Å². The molecule has 4 nitrogen and oxygen atoms in total. The Morgan fingerprint density at radius 3 is 2.89 bits per heavy atom. The lowest BCUT2D eigenvalue weighted by Crippen LogP contribution is -2.47. The van der Waals surface area contributed by atoms with Gasteiger partial charge < -0.3 is 15.0 Å². The molecule has 1 aliphatic rings. The maximum atomic E-state index is 13.0. The minimum atomic E-state index is -0.335. The van der Waals surface area contributed by atoms with Crippen LogP contribution in [0.5, 0.6) is 5.75 Å². The number of amides is 1. The smallest absolute Gasteiger partial charge is 0.226 e. The summed E-state index contributed by atoms with van der Waals surface area (Å²) in [6.45, 7) is 4.98. The Morgan fingerprint density at radius 2 is 2.21 bits per heavy atom. The third kappa shape index (κ3) is 4.21. The molecule has 0 aromatic heterocycles. The molecule has 0 aliphatic carbocycles. The third-order valence-electron chi connectivity index (χ3n) is 3.07. The third-order valence-corrected chi connectivity index (χ3v) is 3.07. The van der Waals surface area contributed by atoms with E-state index in [2.05, 4.69) is 5.32 Å². The number of benzene rings is 1. The van der Waals surface area contributed by atoms with Gasteiger partial charge in [0.1, 0.15) is 17.7 Å². The van der Waals surface area contributed by atoms with Crippen LogP contribution >= 0.6 is 0 Å². The molecular formula is C14H19FN2O2. The predicted molar refractivity (Wildman–Crippen MR) is 70.6 cm³/mol. The summed E-state index contributed by atoms with van der Waals surface area (Å²) in [5, 5.41) is 3.20. The number of ether oxygens (including phenoxy) is 1. The summed E-state index contributed by atoms with van der Waals surface area (Å²) in [7, 11) is 0. The van der Waals surface area contributed by atoms with Crippen LogP contribution in [-0.2, 0) is 4.79 Å². The van der Waals surface area contributed by atoms with Gasteiger partial charge in [-0.2, -0.15) is 0 Å². The summed E-state index contributed by atoms with van der Waals surface area (Å²) in [5.74, 6) is 0.212. The van der Waals surface area contributed by atoms with E-state index in [1.807, 2.05) is 11.8 Å². The van der Waals surface area contributed by atoms with Gasteiger partial charge >= 0.3 is 0 Å². The van der Waals surface area contributed by atoms with Gasteiger partial charge in [-0.1, -0.05) is 6.07 Å². The van der Waals surface area contributed by atoms with Crippen LogP contribution in [0.2, 0.25) is 0 Å². The maximum absolute atomic E-state index is 13.0. The number of halogens is 1. The molecule has 0 saturated carbocycles. The topological polar surface area (TPSA) is 41.6 Å². The molecule has 1 atom stereocenters. The van der Waals surface area contributed by atoms with Gasteiger partial charge in [0.25, 0.3) is 0 Å². The molecule has 1 fully saturated rings. The maximum Gasteiger partial charge on any atom is 0.226 e. The second-order valence-electron chi connectivity index (χ2n) is 4.72. The Balaban J connectivity index is 1.83. The number of hydrogen-bond acceptors (Lipinski definition) is 3. The van der Waals surface area contributed by atoms with E-state index in [0.717, 1.165) is 26.2 Å². The summed E-state index contributed by atoms with van der Waals surface area (Å²) in [6.07, 6.45) is 0.0560. The zero-order valence-electron chi connectivity index (χ0n) is 11.1. The number of rotatable bonds is 4. The Hall–Kier alpha value is -1.62. The molecular weight excluding hydrogens is 247 g/mol. The van der Waals surface area contributed by atoms with Crippen LogP contribution in [0.1, 0.15) is 13.3 Å². The molecule has 1 aliphatic heterocycles. The van der Waals surface area contributed by atoms with Crippen molar-refractivity contribution in [2.75, 3.05) is 26.2 Å². The van der Waals surface area contributed by atoms with E-state index >= 15 is 0 Å². The van der Waals surface area contributed by atoms with E-state index in [9.17, 15) is 9.18 Å². The number of carbonyl (C=O) groups excluding carboxylic acids is 1. The van der Waals surface area contributed by atoms with Crippen LogP contribution in [0.15, 0.2) is 24.3 Å². The highest BCUT2D eigenvalue weighted by Gasteiger charge is 2.19. The van der Waals surface area contributed by atoms with Gasteiger partial charge in [0, 0.05) is 32.2 Å². The first-order valence-corrected chi connectivity index (χ1v) is 6.56. The minimum Gasteiger partial charge on any atom is -0.490 e. The largest absolute Gasteiger partial charge is 0.490 e. The van der Waals surface area contributed by atoms with Gasteiger partial charge in [0.05, 0.1) is 6.42 Å². The molecule has 1 aromatic carbocycles. The van der Waals surface area contributed by atoms with Gasteiger partial charge in [0.2, 0.25) is 5.91 Å². The number of piperazine rings is 1. The van der Waals surface area contributed by atoms with E-state index in [0.29, 0.717) is 12.2 Å². The zero-order valence-corrected chi connectivity index (χ0v) is 11.1. The van der Waals surface area contributed by atoms with Crippen molar-refractivity contribution in [3.63, 3.8) is 0 Å². The van der Waals surface area contributed by atoms with Gasteiger partial charge in [0.15, 0.2) is 0 Å². The monoisotopic (exact) mass is 266 g/mol. The molecule has 1 N–H and O–H groups in total. The molecule has 0 bridgehead atoms. The molecule has 1 amide bonds. The molecule has 0 radical (unpaired) electrons.